The Morgan fingerprint density at radius 2 is 1.72 bits per heavy atom. The van der Waals surface area contributed by atoms with Gasteiger partial charge in [0.05, 0.1) is 17.6 Å². The van der Waals surface area contributed by atoms with E-state index in [0.717, 1.165) is 11.4 Å². The predicted molar refractivity (Wildman–Crippen MR) is 111 cm³/mol. The van der Waals surface area contributed by atoms with Gasteiger partial charge in [0.2, 0.25) is 11.7 Å². The normalized spacial score (nSPS) is 10.9. The van der Waals surface area contributed by atoms with Crippen LogP contribution in [0.5, 0.6) is 0 Å². The van der Waals surface area contributed by atoms with E-state index >= 15 is 0 Å². The molecule has 0 unspecified atom stereocenters. The molecule has 0 fully saturated rings. The molecular weight excluding hydrogens is 364 g/mol. The monoisotopic (exact) mass is 384 g/mol. The minimum absolute atomic E-state index is 0.0220. The number of nitrogens with one attached hydrogen (secondary N) is 1. The van der Waals surface area contributed by atoms with Crippen molar-refractivity contribution in [3.63, 3.8) is 0 Å². The van der Waals surface area contributed by atoms with Gasteiger partial charge in [0.25, 0.3) is 0 Å². The molecule has 0 aliphatic carbocycles. The summed E-state index contributed by atoms with van der Waals surface area (Å²) in [7, 11) is 0. The third-order valence-corrected chi connectivity index (χ3v) is 4.41. The maximum absolute atomic E-state index is 13.0. The van der Waals surface area contributed by atoms with Crippen molar-refractivity contribution in [3.05, 3.63) is 84.7 Å². The first-order valence-electron chi connectivity index (χ1n) is 9.31. The van der Waals surface area contributed by atoms with Crippen molar-refractivity contribution in [1.82, 2.24) is 24.5 Å². The van der Waals surface area contributed by atoms with Crippen LogP contribution in [0.15, 0.2) is 73.3 Å². The van der Waals surface area contributed by atoms with Gasteiger partial charge < -0.3 is 9.88 Å². The van der Waals surface area contributed by atoms with Gasteiger partial charge in [-0.3, -0.25) is 9.78 Å². The average Bonchev–Trinajstić information content (AvgIpc) is 3.20. The molecule has 3 aromatic heterocycles. The Labute approximate surface area is 168 Å². The minimum atomic E-state index is -0.149. The standard InChI is InChI=1S/C22H20N6O/c1-15(2)28-19(14-25-21(28)20(29)16-8-11-23-12-9-16)18-10-13-24-22(27-18)26-17-6-4-3-5-7-17/h3-15H,1-2H3,(H,24,26,27). The van der Waals surface area contributed by atoms with Crippen LogP contribution in [0.1, 0.15) is 36.1 Å². The molecule has 0 amide bonds. The number of carbonyl (C=O) groups excluding carboxylic acids is 1. The molecule has 0 aliphatic rings. The van der Waals surface area contributed by atoms with E-state index in [0.29, 0.717) is 23.0 Å². The van der Waals surface area contributed by atoms with Gasteiger partial charge in [-0.25, -0.2) is 15.0 Å². The second kappa shape index (κ2) is 8.02. The quantitative estimate of drug-likeness (QED) is 0.499. The van der Waals surface area contributed by atoms with Gasteiger partial charge in [0.1, 0.15) is 0 Å². The molecule has 3 heterocycles. The maximum atomic E-state index is 13.0. The van der Waals surface area contributed by atoms with Crippen molar-refractivity contribution < 1.29 is 4.79 Å². The molecule has 0 spiro atoms. The van der Waals surface area contributed by atoms with Gasteiger partial charge in [-0.2, -0.15) is 0 Å². The highest BCUT2D eigenvalue weighted by Gasteiger charge is 2.22. The molecule has 0 saturated heterocycles. The van der Waals surface area contributed by atoms with Gasteiger partial charge in [-0.05, 0) is 44.2 Å². The van der Waals surface area contributed by atoms with E-state index in [9.17, 15) is 4.79 Å². The average molecular weight is 384 g/mol. The number of aromatic nitrogens is 5. The number of anilines is 2. The third-order valence-electron chi connectivity index (χ3n) is 4.41. The molecule has 1 N–H and O–H groups in total. The van der Waals surface area contributed by atoms with Crippen LogP contribution in [0.4, 0.5) is 11.6 Å². The van der Waals surface area contributed by atoms with Crippen LogP contribution in [0.25, 0.3) is 11.4 Å². The number of hydrogen-bond acceptors (Lipinski definition) is 6. The number of ketones is 1. The Hall–Kier alpha value is -3.87. The Balaban J connectivity index is 1.71. The molecule has 0 atom stereocenters. The van der Waals surface area contributed by atoms with Crippen molar-refractivity contribution in [2.75, 3.05) is 5.32 Å². The highest BCUT2D eigenvalue weighted by Crippen LogP contribution is 2.25. The van der Waals surface area contributed by atoms with Crippen molar-refractivity contribution in [2.24, 2.45) is 0 Å². The molecular formula is C22H20N6O. The third kappa shape index (κ3) is 3.89. The van der Waals surface area contributed by atoms with Crippen molar-refractivity contribution >= 4 is 17.4 Å². The van der Waals surface area contributed by atoms with Crippen LogP contribution in [0.3, 0.4) is 0 Å². The highest BCUT2D eigenvalue weighted by molar-refractivity contribution is 6.07. The van der Waals surface area contributed by atoms with E-state index in [1.807, 2.05) is 54.8 Å². The molecule has 29 heavy (non-hydrogen) atoms. The Morgan fingerprint density at radius 3 is 2.45 bits per heavy atom. The Bertz CT molecular complexity index is 1120. The van der Waals surface area contributed by atoms with E-state index in [1.54, 1.807) is 36.9 Å². The molecule has 4 aromatic rings. The minimum Gasteiger partial charge on any atom is -0.324 e. The number of rotatable bonds is 6. The molecule has 1 aromatic carbocycles. The summed E-state index contributed by atoms with van der Waals surface area (Å²) >= 11 is 0. The zero-order valence-electron chi connectivity index (χ0n) is 16.1. The van der Waals surface area contributed by atoms with E-state index < -0.39 is 0 Å². The number of carbonyl (C=O) groups is 1. The second-order valence-electron chi connectivity index (χ2n) is 6.75. The fourth-order valence-corrected chi connectivity index (χ4v) is 3.09. The topological polar surface area (TPSA) is 85.6 Å². The summed E-state index contributed by atoms with van der Waals surface area (Å²) in [6, 6.07) is 14.9. The summed E-state index contributed by atoms with van der Waals surface area (Å²) in [5.74, 6) is 0.702. The highest BCUT2D eigenvalue weighted by atomic mass is 16.1. The zero-order chi connectivity index (χ0) is 20.2. The van der Waals surface area contributed by atoms with Crippen LogP contribution in [-0.2, 0) is 0 Å². The second-order valence-corrected chi connectivity index (χ2v) is 6.75. The zero-order valence-corrected chi connectivity index (χ0v) is 16.1. The van der Waals surface area contributed by atoms with Gasteiger partial charge in [0, 0.05) is 35.9 Å². The Kier molecular flexibility index (Phi) is 5.11. The smallest absolute Gasteiger partial charge is 0.228 e. The lowest BCUT2D eigenvalue weighted by atomic mass is 10.1. The fraction of sp³-hybridized carbons (Fsp3) is 0.136. The van der Waals surface area contributed by atoms with Crippen LogP contribution < -0.4 is 5.32 Å². The number of imidazole rings is 1. The van der Waals surface area contributed by atoms with Crippen LogP contribution in [0.2, 0.25) is 0 Å². The number of hydrogen-bond donors (Lipinski definition) is 1. The maximum Gasteiger partial charge on any atom is 0.228 e. The van der Waals surface area contributed by atoms with Gasteiger partial charge in [-0.15, -0.1) is 0 Å². The first kappa shape index (κ1) is 18.5. The summed E-state index contributed by atoms with van der Waals surface area (Å²) < 4.78 is 1.90. The lowest BCUT2D eigenvalue weighted by Gasteiger charge is -2.15. The number of para-hydroxylation sites is 1. The predicted octanol–water partition coefficient (Wildman–Crippen LogP) is 4.29. The summed E-state index contributed by atoms with van der Waals surface area (Å²) in [6.45, 7) is 4.03. The number of pyridine rings is 1. The summed E-state index contributed by atoms with van der Waals surface area (Å²) in [5.41, 5.74) is 2.90. The molecule has 0 aliphatic heterocycles. The van der Waals surface area contributed by atoms with E-state index in [1.165, 1.54) is 0 Å². The van der Waals surface area contributed by atoms with E-state index in [2.05, 4.69) is 25.3 Å². The first-order chi connectivity index (χ1) is 14.1. The first-order valence-corrected chi connectivity index (χ1v) is 9.31. The van der Waals surface area contributed by atoms with E-state index in [4.69, 9.17) is 0 Å². The molecule has 7 heteroatoms. The van der Waals surface area contributed by atoms with Crippen LogP contribution >= 0.6 is 0 Å². The molecule has 7 nitrogen and oxygen atoms in total. The molecule has 4 rings (SSSR count). The summed E-state index contributed by atoms with van der Waals surface area (Å²) in [4.78, 5) is 30.3. The van der Waals surface area contributed by atoms with Gasteiger partial charge >= 0.3 is 0 Å². The van der Waals surface area contributed by atoms with Crippen LogP contribution in [0, 0.1) is 0 Å². The molecule has 0 bridgehead atoms. The lowest BCUT2D eigenvalue weighted by molar-refractivity contribution is 0.102. The van der Waals surface area contributed by atoms with Crippen molar-refractivity contribution in [1.29, 1.82) is 0 Å². The fourth-order valence-electron chi connectivity index (χ4n) is 3.09. The Morgan fingerprint density at radius 1 is 0.966 bits per heavy atom. The van der Waals surface area contributed by atoms with Crippen molar-refractivity contribution in [2.45, 2.75) is 19.9 Å². The number of nitrogens with zero attached hydrogens (tertiary/aromatic N) is 5. The summed E-state index contributed by atoms with van der Waals surface area (Å²) in [6.07, 6.45) is 6.57. The number of benzene rings is 1. The lowest BCUT2D eigenvalue weighted by Crippen LogP contribution is -2.14. The SMILES string of the molecule is CC(C)n1c(-c2ccnc(Nc3ccccc3)n2)cnc1C(=O)c1ccncc1. The molecule has 0 radical (unpaired) electrons. The van der Waals surface area contributed by atoms with Crippen LogP contribution in [-0.4, -0.2) is 30.3 Å². The largest absolute Gasteiger partial charge is 0.324 e. The van der Waals surface area contributed by atoms with E-state index in [-0.39, 0.29) is 11.8 Å². The molecule has 0 saturated carbocycles. The van der Waals surface area contributed by atoms with Gasteiger partial charge in [0.15, 0.2) is 5.82 Å². The van der Waals surface area contributed by atoms with Crippen molar-refractivity contribution in [3.8, 4) is 11.4 Å². The summed E-state index contributed by atoms with van der Waals surface area (Å²) in [5, 5.41) is 3.19. The molecule has 144 valence electrons. The van der Waals surface area contributed by atoms with Gasteiger partial charge in [-0.1, -0.05) is 18.2 Å².